The van der Waals surface area contributed by atoms with Crippen molar-refractivity contribution in [3.8, 4) is 6.07 Å². The Hall–Kier alpha value is -1.89. The number of pyridine rings is 1. The van der Waals surface area contributed by atoms with Crippen LogP contribution in [-0.4, -0.2) is 28.9 Å². The highest BCUT2D eigenvalue weighted by Gasteiger charge is 2.25. The van der Waals surface area contributed by atoms with Gasteiger partial charge in [-0.2, -0.15) is 5.26 Å². The number of hydrogen-bond donors (Lipinski definition) is 0. The fourth-order valence-electron chi connectivity index (χ4n) is 2.25. The van der Waals surface area contributed by atoms with E-state index in [0.29, 0.717) is 6.42 Å². The van der Waals surface area contributed by atoms with Crippen molar-refractivity contribution in [2.24, 2.45) is 5.92 Å². The van der Waals surface area contributed by atoms with E-state index < -0.39 is 5.92 Å². The molecule has 0 N–H and O–H groups in total. The Morgan fingerprint density at radius 1 is 1.39 bits per heavy atom. The lowest BCUT2D eigenvalue weighted by Crippen LogP contribution is -2.40. The Kier molecular flexibility index (Phi) is 4.30. The van der Waals surface area contributed by atoms with E-state index in [1.54, 1.807) is 6.20 Å². The van der Waals surface area contributed by atoms with E-state index in [-0.39, 0.29) is 5.91 Å². The smallest absolute Gasteiger partial charge is 0.240 e. The maximum Gasteiger partial charge on any atom is 0.240 e. The molecule has 1 aliphatic heterocycles. The highest BCUT2D eigenvalue weighted by molar-refractivity contribution is 5.81. The number of carbonyl (C=O) groups excluding carboxylic acids is 1. The van der Waals surface area contributed by atoms with E-state index in [1.165, 1.54) is 6.42 Å². The summed E-state index contributed by atoms with van der Waals surface area (Å²) in [7, 11) is 0. The van der Waals surface area contributed by atoms with Crippen molar-refractivity contribution in [3.63, 3.8) is 0 Å². The summed E-state index contributed by atoms with van der Waals surface area (Å²) in [6, 6.07) is 7.68. The first kappa shape index (κ1) is 12.6. The lowest BCUT2D eigenvalue weighted by Gasteiger charge is -2.28. The topological polar surface area (TPSA) is 57.0 Å². The SMILES string of the molecule is N#CC(Cc1ccccn1)C(=O)N1CCCCC1. The number of rotatable bonds is 3. The van der Waals surface area contributed by atoms with Gasteiger partial charge in [-0.15, -0.1) is 0 Å². The van der Waals surface area contributed by atoms with Crippen LogP contribution in [0.1, 0.15) is 25.0 Å². The van der Waals surface area contributed by atoms with Crippen LogP contribution in [0.3, 0.4) is 0 Å². The molecular weight excluding hydrogens is 226 g/mol. The predicted molar refractivity (Wildman–Crippen MR) is 67.5 cm³/mol. The van der Waals surface area contributed by atoms with Crippen molar-refractivity contribution >= 4 is 5.91 Å². The summed E-state index contributed by atoms with van der Waals surface area (Å²) >= 11 is 0. The molecule has 0 saturated carbocycles. The zero-order valence-corrected chi connectivity index (χ0v) is 10.4. The summed E-state index contributed by atoms with van der Waals surface area (Å²) in [5.74, 6) is -0.638. The highest BCUT2D eigenvalue weighted by Crippen LogP contribution is 2.14. The van der Waals surface area contributed by atoms with Gasteiger partial charge in [0, 0.05) is 31.4 Å². The van der Waals surface area contributed by atoms with E-state index >= 15 is 0 Å². The molecule has 1 unspecified atom stereocenters. The average Bonchev–Trinajstić information content (AvgIpc) is 2.46. The van der Waals surface area contributed by atoms with Gasteiger partial charge >= 0.3 is 0 Å². The number of nitriles is 1. The Labute approximate surface area is 107 Å². The summed E-state index contributed by atoms with van der Waals surface area (Å²) in [5, 5.41) is 9.16. The summed E-state index contributed by atoms with van der Waals surface area (Å²) in [4.78, 5) is 18.2. The summed E-state index contributed by atoms with van der Waals surface area (Å²) in [6.07, 6.45) is 5.38. The number of hydrogen-bond acceptors (Lipinski definition) is 3. The maximum absolute atomic E-state index is 12.2. The molecule has 4 heteroatoms. The standard InChI is InChI=1S/C14H17N3O/c15-11-12(10-13-6-2-3-7-16-13)14(18)17-8-4-1-5-9-17/h2-3,6-7,12H,1,4-5,8-10H2. The molecule has 0 bridgehead atoms. The molecule has 1 fully saturated rings. The van der Waals surface area contributed by atoms with Gasteiger partial charge in [-0.05, 0) is 31.4 Å². The molecule has 1 saturated heterocycles. The molecule has 0 spiro atoms. The molecule has 0 aromatic carbocycles. The average molecular weight is 243 g/mol. The summed E-state index contributed by atoms with van der Waals surface area (Å²) in [6.45, 7) is 1.58. The molecule has 94 valence electrons. The molecule has 0 radical (unpaired) electrons. The molecule has 2 rings (SSSR count). The van der Waals surface area contributed by atoms with Crippen LogP contribution in [0.15, 0.2) is 24.4 Å². The van der Waals surface area contributed by atoms with E-state index in [9.17, 15) is 4.79 Å². The first-order valence-electron chi connectivity index (χ1n) is 6.39. The van der Waals surface area contributed by atoms with Gasteiger partial charge in [-0.3, -0.25) is 9.78 Å². The van der Waals surface area contributed by atoms with Gasteiger partial charge in [-0.1, -0.05) is 6.07 Å². The third-order valence-electron chi connectivity index (χ3n) is 3.26. The predicted octanol–water partition coefficient (Wildman–Crippen LogP) is 1.78. The molecular formula is C14H17N3O. The van der Waals surface area contributed by atoms with Crippen LogP contribution in [0.4, 0.5) is 0 Å². The largest absolute Gasteiger partial charge is 0.342 e. The molecule has 1 aromatic rings. The number of nitrogens with zero attached hydrogens (tertiary/aromatic N) is 3. The van der Waals surface area contributed by atoms with Gasteiger partial charge in [0.1, 0.15) is 5.92 Å². The lowest BCUT2D eigenvalue weighted by atomic mass is 10.0. The maximum atomic E-state index is 12.2. The van der Waals surface area contributed by atoms with Crippen molar-refractivity contribution < 1.29 is 4.79 Å². The van der Waals surface area contributed by atoms with Gasteiger partial charge in [0.2, 0.25) is 5.91 Å². The van der Waals surface area contributed by atoms with Gasteiger partial charge < -0.3 is 4.90 Å². The molecule has 18 heavy (non-hydrogen) atoms. The van der Waals surface area contributed by atoms with Crippen molar-refractivity contribution in [1.82, 2.24) is 9.88 Å². The minimum absolute atomic E-state index is 0.0390. The Morgan fingerprint density at radius 3 is 2.78 bits per heavy atom. The van der Waals surface area contributed by atoms with Crippen molar-refractivity contribution in [1.29, 1.82) is 5.26 Å². The van der Waals surface area contributed by atoms with Crippen LogP contribution in [0.2, 0.25) is 0 Å². The number of aromatic nitrogens is 1. The second-order valence-electron chi connectivity index (χ2n) is 4.59. The number of likely N-dealkylation sites (tertiary alicyclic amines) is 1. The zero-order valence-electron chi connectivity index (χ0n) is 10.4. The quantitative estimate of drug-likeness (QED) is 0.813. The van der Waals surface area contributed by atoms with E-state index in [2.05, 4.69) is 11.1 Å². The van der Waals surface area contributed by atoms with Gasteiger partial charge in [0.05, 0.1) is 6.07 Å². The first-order chi connectivity index (χ1) is 8.81. The van der Waals surface area contributed by atoms with Crippen molar-refractivity contribution in [3.05, 3.63) is 30.1 Å². The van der Waals surface area contributed by atoms with Crippen LogP contribution in [0.5, 0.6) is 0 Å². The fourth-order valence-corrected chi connectivity index (χ4v) is 2.25. The lowest BCUT2D eigenvalue weighted by molar-refractivity contribution is -0.134. The molecule has 1 atom stereocenters. The minimum atomic E-state index is -0.599. The van der Waals surface area contributed by atoms with Crippen LogP contribution in [-0.2, 0) is 11.2 Å². The molecule has 0 aliphatic carbocycles. The number of amides is 1. The molecule has 2 heterocycles. The fraction of sp³-hybridized carbons (Fsp3) is 0.500. The second kappa shape index (κ2) is 6.15. The third kappa shape index (κ3) is 3.07. The van der Waals surface area contributed by atoms with E-state index in [4.69, 9.17) is 5.26 Å². The van der Waals surface area contributed by atoms with Crippen LogP contribution >= 0.6 is 0 Å². The number of carbonyl (C=O) groups is 1. The molecule has 1 aromatic heterocycles. The monoisotopic (exact) mass is 243 g/mol. The van der Waals surface area contributed by atoms with Crippen molar-refractivity contribution in [2.45, 2.75) is 25.7 Å². The zero-order chi connectivity index (χ0) is 12.8. The van der Waals surface area contributed by atoms with E-state index in [1.807, 2.05) is 23.1 Å². The normalized spacial score (nSPS) is 16.9. The van der Waals surface area contributed by atoms with Crippen LogP contribution < -0.4 is 0 Å². The molecule has 1 aliphatic rings. The van der Waals surface area contributed by atoms with E-state index in [0.717, 1.165) is 31.6 Å². The third-order valence-corrected chi connectivity index (χ3v) is 3.26. The number of piperidine rings is 1. The Balaban J connectivity index is 2.00. The van der Waals surface area contributed by atoms with Gasteiger partial charge in [0.15, 0.2) is 0 Å². The van der Waals surface area contributed by atoms with Gasteiger partial charge in [0.25, 0.3) is 0 Å². The Morgan fingerprint density at radius 2 is 2.17 bits per heavy atom. The summed E-state index contributed by atoms with van der Waals surface area (Å²) in [5.41, 5.74) is 0.800. The highest BCUT2D eigenvalue weighted by atomic mass is 16.2. The minimum Gasteiger partial charge on any atom is -0.342 e. The van der Waals surface area contributed by atoms with Crippen molar-refractivity contribution in [2.75, 3.05) is 13.1 Å². The van der Waals surface area contributed by atoms with Crippen LogP contribution in [0, 0.1) is 17.2 Å². The second-order valence-corrected chi connectivity index (χ2v) is 4.59. The van der Waals surface area contributed by atoms with Crippen LogP contribution in [0.25, 0.3) is 0 Å². The van der Waals surface area contributed by atoms with Gasteiger partial charge in [-0.25, -0.2) is 0 Å². The molecule has 1 amide bonds. The Bertz CT molecular complexity index is 432. The summed E-state index contributed by atoms with van der Waals surface area (Å²) < 4.78 is 0. The first-order valence-corrected chi connectivity index (χ1v) is 6.39. The molecule has 4 nitrogen and oxygen atoms in total.